The first-order valence-corrected chi connectivity index (χ1v) is 7.22. The second kappa shape index (κ2) is 3.63. The van der Waals surface area contributed by atoms with Gasteiger partial charge in [0.25, 0.3) is 0 Å². The van der Waals surface area contributed by atoms with Crippen LogP contribution in [0.2, 0.25) is 0 Å². The van der Waals surface area contributed by atoms with Gasteiger partial charge in [0.1, 0.15) is 17.6 Å². The number of ether oxygens (including phenoxy) is 1. The van der Waals surface area contributed by atoms with Crippen LogP contribution in [0.25, 0.3) is 0 Å². The predicted octanol–water partition coefficient (Wildman–Crippen LogP) is 2.08. The second-order valence-corrected chi connectivity index (χ2v) is 6.50. The van der Waals surface area contributed by atoms with Crippen LogP contribution >= 0.6 is 0 Å². The molecule has 0 aromatic heterocycles. The maximum Gasteiger partial charge on any atom is 0.306 e. The Morgan fingerprint density at radius 3 is 2.59 bits per heavy atom. The molecule has 1 aliphatic rings. The number of rotatable bonds is 2. The third-order valence-corrected chi connectivity index (χ3v) is 3.71. The molecule has 2 rings (SSSR count). The Kier molecular flexibility index (Phi) is 2.61. The molecule has 17 heavy (non-hydrogen) atoms. The van der Waals surface area contributed by atoms with Crippen LogP contribution in [0.3, 0.4) is 0 Å². The van der Waals surface area contributed by atoms with Gasteiger partial charge in [0.05, 0.1) is 6.26 Å². The summed E-state index contributed by atoms with van der Waals surface area (Å²) in [4.78, 5) is 0. The molecule has 0 saturated carbocycles. The van der Waals surface area contributed by atoms with E-state index in [2.05, 4.69) is 13.8 Å². The van der Waals surface area contributed by atoms with Crippen molar-refractivity contribution in [2.75, 3.05) is 6.26 Å². The molecule has 4 nitrogen and oxygen atoms in total. The van der Waals surface area contributed by atoms with Crippen LogP contribution in [0.1, 0.15) is 26.3 Å². The van der Waals surface area contributed by atoms with E-state index in [1.807, 2.05) is 6.92 Å². The van der Waals surface area contributed by atoms with Crippen LogP contribution in [0.15, 0.2) is 18.2 Å². The van der Waals surface area contributed by atoms with Crippen molar-refractivity contribution < 1.29 is 17.3 Å². The summed E-state index contributed by atoms with van der Waals surface area (Å²) in [5, 5.41) is 0. The average Bonchev–Trinajstić information content (AvgIpc) is 2.37. The highest BCUT2D eigenvalue weighted by molar-refractivity contribution is 7.86. The Morgan fingerprint density at radius 2 is 2.00 bits per heavy atom. The SMILES string of the molecule is CC1Oc2ccc(OS(C)(=O)=O)cc2C1(C)C. The van der Waals surface area contributed by atoms with Gasteiger partial charge in [0.2, 0.25) is 0 Å². The smallest absolute Gasteiger partial charge is 0.306 e. The number of hydrogen-bond acceptors (Lipinski definition) is 4. The lowest BCUT2D eigenvalue weighted by Gasteiger charge is -2.22. The minimum absolute atomic E-state index is 0.0611. The van der Waals surface area contributed by atoms with Gasteiger partial charge in [0, 0.05) is 11.0 Å². The van der Waals surface area contributed by atoms with Crippen LogP contribution in [0, 0.1) is 0 Å². The largest absolute Gasteiger partial charge is 0.490 e. The van der Waals surface area contributed by atoms with Crippen molar-refractivity contribution in [2.45, 2.75) is 32.3 Å². The van der Waals surface area contributed by atoms with Crippen molar-refractivity contribution in [3.63, 3.8) is 0 Å². The minimum atomic E-state index is -3.49. The fourth-order valence-corrected chi connectivity index (χ4v) is 2.35. The molecule has 1 unspecified atom stereocenters. The summed E-state index contributed by atoms with van der Waals surface area (Å²) >= 11 is 0. The molecule has 0 N–H and O–H groups in total. The van der Waals surface area contributed by atoms with Crippen LogP contribution in [0.4, 0.5) is 0 Å². The molecular weight excluding hydrogens is 240 g/mol. The quantitative estimate of drug-likeness (QED) is 0.760. The summed E-state index contributed by atoms with van der Waals surface area (Å²) in [7, 11) is -3.49. The fourth-order valence-electron chi connectivity index (χ4n) is 1.90. The normalized spacial score (nSPS) is 21.8. The summed E-state index contributed by atoms with van der Waals surface area (Å²) in [6.07, 6.45) is 1.09. The van der Waals surface area contributed by atoms with E-state index in [0.29, 0.717) is 5.75 Å². The van der Waals surface area contributed by atoms with Gasteiger partial charge in [-0.3, -0.25) is 0 Å². The van der Waals surface area contributed by atoms with E-state index in [1.54, 1.807) is 18.2 Å². The zero-order chi connectivity index (χ0) is 12.8. The van der Waals surface area contributed by atoms with E-state index in [9.17, 15) is 8.42 Å². The fraction of sp³-hybridized carbons (Fsp3) is 0.500. The van der Waals surface area contributed by atoms with Gasteiger partial charge >= 0.3 is 10.1 Å². The third-order valence-electron chi connectivity index (χ3n) is 3.21. The Hall–Kier alpha value is -1.23. The van der Waals surface area contributed by atoms with Crippen LogP contribution in [-0.2, 0) is 15.5 Å². The molecule has 1 atom stereocenters. The molecular formula is C12H16O4S. The van der Waals surface area contributed by atoms with Crippen LogP contribution in [0.5, 0.6) is 11.5 Å². The average molecular weight is 256 g/mol. The molecule has 0 aliphatic carbocycles. The van der Waals surface area contributed by atoms with Gasteiger partial charge in [-0.1, -0.05) is 13.8 Å². The van der Waals surface area contributed by atoms with Gasteiger partial charge < -0.3 is 8.92 Å². The maximum atomic E-state index is 11.1. The van der Waals surface area contributed by atoms with Crippen molar-refractivity contribution in [2.24, 2.45) is 0 Å². The molecule has 0 spiro atoms. The first-order chi connectivity index (χ1) is 7.70. The van der Waals surface area contributed by atoms with Crippen LogP contribution in [-0.4, -0.2) is 20.8 Å². The summed E-state index contributed by atoms with van der Waals surface area (Å²) in [5.74, 6) is 1.13. The molecule has 94 valence electrons. The molecule has 1 aromatic carbocycles. The van der Waals surface area contributed by atoms with Crippen molar-refractivity contribution in [1.29, 1.82) is 0 Å². The molecule has 0 bridgehead atoms. The van der Waals surface area contributed by atoms with E-state index in [-0.39, 0.29) is 11.5 Å². The Balaban J connectivity index is 2.42. The van der Waals surface area contributed by atoms with Gasteiger partial charge in [-0.05, 0) is 25.1 Å². The summed E-state index contributed by atoms with van der Waals surface area (Å²) in [6, 6.07) is 5.09. The molecule has 0 saturated heterocycles. The molecule has 0 fully saturated rings. The lowest BCUT2D eigenvalue weighted by atomic mass is 9.82. The lowest BCUT2D eigenvalue weighted by Crippen LogP contribution is -2.28. The minimum Gasteiger partial charge on any atom is -0.490 e. The van der Waals surface area contributed by atoms with Gasteiger partial charge in [-0.25, -0.2) is 0 Å². The van der Waals surface area contributed by atoms with E-state index >= 15 is 0 Å². The molecule has 1 aliphatic heterocycles. The van der Waals surface area contributed by atoms with E-state index in [4.69, 9.17) is 8.92 Å². The number of benzene rings is 1. The zero-order valence-electron chi connectivity index (χ0n) is 10.4. The highest BCUT2D eigenvalue weighted by Crippen LogP contribution is 2.44. The first-order valence-electron chi connectivity index (χ1n) is 5.41. The van der Waals surface area contributed by atoms with Crippen molar-refractivity contribution >= 4 is 10.1 Å². The standard InChI is InChI=1S/C12H16O4S/c1-8-12(2,3)10-7-9(16-17(4,13)14)5-6-11(10)15-8/h5-8H,1-4H3. The Labute approximate surface area is 102 Å². The summed E-state index contributed by atoms with van der Waals surface area (Å²) < 4.78 is 32.7. The van der Waals surface area contributed by atoms with E-state index < -0.39 is 10.1 Å². The predicted molar refractivity (Wildman–Crippen MR) is 65.0 cm³/mol. The third kappa shape index (κ3) is 2.24. The Bertz CT molecular complexity index is 546. The zero-order valence-corrected chi connectivity index (χ0v) is 11.2. The van der Waals surface area contributed by atoms with E-state index in [1.165, 1.54) is 0 Å². The van der Waals surface area contributed by atoms with Crippen LogP contribution < -0.4 is 8.92 Å². The topological polar surface area (TPSA) is 52.6 Å². The number of fused-ring (bicyclic) bond motifs is 1. The molecule has 0 amide bonds. The number of hydrogen-bond donors (Lipinski definition) is 0. The molecule has 1 heterocycles. The van der Waals surface area contributed by atoms with Gasteiger partial charge in [0.15, 0.2) is 0 Å². The maximum absolute atomic E-state index is 11.1. The first kappa shape index (κ1) is 12.2. The Morgan fingerprint density at radius 1 is 1.35 bits per heavy atom. The molecule has 1 aromatic rings. The van der Waals surface area contributed by atoms with Crippen molar-refractivity contribution in [3.05, 3.63) is 23.8 Å². The summed E-state index contributed by atoms with van der Waals surface area (Å²) in [6.45, 7) is 6.12. The highest BCUT2D eigenvalue weighted by Gasteiger charge is 2.38. The second-order valence-electron chi connectivity index (χ2n) is 4.93. The molecule has 0 radical (unpaired) electrons. The monoisotopic (exact) mass is 256 g/mol. The molecule has 5 heteroatoms. The van der Waals surface area contributed by atoms with Gasteiger partial charge in [-0.15, -0.1) is 0 Å². The lowest BCUT2D eigenvalue weighted by molar-refractivity contribution is 0.185. The van der Waals surface area contributed by atoms with Crippen molar-refractivity contribution in [1.82, 2.24) is 0 Å². The summed E-state index contributed by atoms with van der Waals surface area (Å²) in [5.41, 5.74) is 0.831. The van der Waals surface area contributed by atoms with E-state index in [0.717, 1.165) is 17.6 Å². The van der Waals surface area contributed by atoms with Crippen molar-refractivity contribution in [3.8, 4) is 11.5 Å². The van der Waals surface area contributed by atoms with Gasteiger partial charge in [-0.2, -0.15) is 8.42 Å². The highest BCUT2D eigenvalue weighted by atomic mass is 32.2.